The van der Waals surface area contributed by atoms with E-state index in [2.05, 4.69) is 15.0 Å². The molecule has 0 bridgehead atoms. The van der Waals surface area contributed by atoms with Crippen molar-refractivity contribution >= 4 is 24.4 Å². The Kier molecular flexibility index (Phi) is 6.14. The van der Waals surface area contributed by atoms with E-state index in [4.69, 9.17) is 20.2 Å². The van der Waals surface area contributed by atoms with E-state index in [1.165, 1.54) is 12.4 Å². The number of carboxylic acids is 1. The summed E-state index contributed by atoms with van der Waals surface area (Å²) in [6, 6.07) is 3.35. The highest BCUT2D eigenvalue weighted by atomic mass is 16.5. The number of rotatable bonds is 7. The molecule has 152 valence electrons. The fraction of sp³-hybridized carbons (Fsp3) is 0.368. The van der Waals surface area contributed by atoms with E-state index in [0.717, 1.165) is 5.56 Å². The molecule has 2 aromatic rings. The molecule has 10 heteroatoms. The summed E-state index contributed by atoms with van der Waals surface area (Å²) in [4.78, 5) is 23.8. The lowest BCUT2D eigenvalue weighted by atomic mass is 9.77. The van der Waals surface area contributed by atoms with E-state index in [-0.39, 0.29) is 18.1 Å². The quantitative estimate of drug-likeness (QED) is 0.359. The number of fused-ring (bicyclic) bond motifs is 1. The third-order valence-electron chi connectivity index (χ3n) is 4.36. The van der Waals surface area contributed by atoms with Crippen LogP contribution in [-0.2, 0) is 9.45 Å². The highest BCUT2D eigenvalue weighted by Gasteiger charge is 2.37. The molecule has 1 aromatic carbocycles. The van der Waals surface area contributed by atoms with Gasteiger partial charge in [-0.1, -0.05) is 13.8 Å². The monoisotopic (exact) mass is 398 g/mol. The van der Waals surface area contributed by atoms with Crippen molar-refractivity contribution in [2.75, 3.05) is 6.54 Å². The topological polar surface area (TPSA) is 140 Å². The molecular weight excluding hydrogens is 375 g/mol. The van der Waals surface area contributed by atoms with Gasteiger partial charge in [-0.3, -0.25) is 14.8 Å². The predicted molar refractivity (Wildman–Crippen MR) is 107 cm³/mol. The normalized spacial score (nSPS) is 16.2. The van der Waals surface area contributed by atoms with Gasteiger partial charge in [-0.25, -0.2) is 4.98 Å². The Morgan fingerprint density at radius 3 is 2.86 bits per heavy atom. The molecule has 0 saturated heterocycles. The van der Waals surface area contributed by atoms with Crippen molar-refractivity contribution in [2.24, 2.45) is 16.6 Å². The van der Waals surface area contributed by atoms with Crippen molar-refractivity contribution in [3.05, 3.63) is 41.3 Å². The van der Waals surface area contributed by atoms with Crippen molar-refractivity contribution in [1.82, 2.24) is 9.97 Å². The van der Waals surface area contributed by atoms with Gasteiger partial charge in [-0.2, -0.15) is 0 Å². The molecule has 0 aliphatic carbocycles. The van der Waals surface area contributed by atoms with Crippen LogP contribution < -0.4 is 15.9 Å². The van der Waals surface area contributed by atoms with E-state index in [1.54, 1.807) is 19.1 Å². The number of hydrogen-bond acceptors (Lipinski definition) is 7. The number of aromatic nitrogens is 2. The van der Waals surface area contributed by atoms with Crippen LogP contribution in [0.25, 0.3) is 0 Å². The van der Waals surface area contributed by atoms with Crippen molar-refractivity contribution in [1.29, 1.82) is 0 Å². The molecule has 0 fully saturated rings. The number of carbonyl (C=O) groups is 1. The smallest absolute Gasteiger partial charge is 0.481 e. The van der Waals surface area contributed by atoms with Gasteiger partial charge >= 0.3 is 13.1 Å². The number of aliphatic carboxylic acids is 1. The maximum atomic E-state index is 11.0. The molecule has 1 aromatic heterocycles. The molecule has 1 atom stereocenters. The van der Waals surface area contributed by atoms with Crippen LogP contribution in [0.1, 0.15) is 43.2 Å². The zero-order valence-electron chi connectivity index (χ0n) is 16.5. The first kappa shape index (κ1) is 20.8. The standard InChI is InChI=1S/C19H23BN4O5/c1-10(2)7-23-19(21)14-8-22-9-16(24-14)28-12-4-11(3)18-13(5-12)20(27)29-15(18)6-17(25)26/h4-5,8-10,15,27H,6-7H2,1-3H3,(H2,21,23)(H,25,26). The number of benzene rings is 1. The Hall–Kier alpha value is -2.98. The van der Waals surface area contributed by atoms with Crippen molar-refractivity contribution in [2.45, 2.75) is 33.3 Å². The molecule has 0 saturated carbocycles. The summed E-state index contributed by atoms with van der Waals surface area (Å²) in [6.45, 7) is 6.47. The lowest BCUT2D eigenvalue weighted by Gasteiger charge is -2.13. The largest absolute Gasteiger partial charge is 0.492 e. The van der Waals surface area contributed by atoms with Crippen LogP contribution in [0.2, 0.25) is 0 Å². The summed E-state index contributed by atoms with van der Waals surface area (Å²) < 4.78 is 11.2. The molecule has 4 N–H and O–H groups in total. The van der Waals surface area contributed by atoms with Crippen molar-refractivity contribution in [3.8, 4) is 11.6 Å². The first-order valence-corrected chi connectivity index (χ1v) is 9.24. The summed E-state index contributed by atoms with van der Waals surface area (Å²) in [5, 5.41) is 19.2. The molecule has 0 radical (unpaired) electrons. The van der Waals surface area contributed by atoms with Crippen LogP contribution >= 0.6 is 0 Å². The maximum Gasteiger partial charge on any atom is 0.492 e. The molecular formula is C19H23BN4O5. The van der Waals surface area contributed by atoms with Gasteiger partial charge in [0.2, 0.25) is 5.88 Å². The van der Waals surface area contributed by atoms with Gasteiger partial charge in [0.25, 0.3) is 0 Å². The van der Waals surface area contributed by atoms with Crippen LogP contribution in [0, 0.1) is 12.8 Å². The van der Waals surface area contributed by atoms with Gasteiger partial charge in [0.1, 0.15) is 17.3 Å². The minimum absolute atomic E-state index is 0.222. The lowest BCUT2D eigenvalue weighted by molar-refractivity contribution is -0.138. The van der Waals surface area contributed by atoms with E-state index in [0.29, 0.717) is 34.9 Å². The van der Waals surface area contributed by atoms with Gasteiger partial charge in [-0.15, -0.1) is 0 Å². The maximum absolute atomic E-state index is 11.0. The molecule has 3 rings (SSSR count). The van der Waals surface area contributed by atoms with Gasteiger partial charge in [0.15, 0.2) is 0 Å². The Labute approximate surface area is 168 Å². The van der Waals surface area contributed by atoms with Gasteiger partial charge in [-0.05, 0) is 41.6 Å². The molecule has 1 unspecified atom stereocenters. The minimum atomic E-state index is -1.21. The predicted octanol–water partition coefficient (Wildman–Crippen LogP) is 1.17. The number of aliphatic imine (C=N–C) groups is 1. The third kappa shape index (κ3) is 4.90. The van der Waals surface area contributed by atoms with E-state index < -0.39 is 19.2 Å². The minimum Gasteiger partial charge on any atom is -0.481 e. The average Bonchev–Trinajstić information content (AvgIpc) is 2.95. The average molecular weight is 398 g/mol. The van der Waals surface area contributed by atoms with Crippen LogP contribution in [0.15, 0.2) is 29.5 Å². The Balaban J connectivity index is 1.84. The molecule has 0 amide bonds. The zero-order chi connectivity index (χ0) is 21.1. The first-order chi connectivity index (χ1) is 13.7. The lowest BCUT2D eigenvalue weighted by Crippen LogP contribution is -2.28. The number of nitrogens with zero attached hydrogens (tertiary/aromatic N) is 3. The van der Waals surface area contributed by atoms with Crippen molar-refractivity contribution in [3.63, 3.8) is 0 Å². The molecule has 29 heavy (non-hydrogen) atoms. The third-order valence-corrected chi connectivity index (χ3v) is 4.36. The Morgan fingerprint density at radius 2 is 2.17 bits per heavy atom. The van der Waals surface area contributed by atoms with Crippen LogP contribution in [0.3, 0.4) is 0 Å². The second-order valence-corrected chi connectivity index (χ2v) is 7.28. The van der Waals surface area contributed by atoms with Crippen LogP contribution in [0.4, 0.5) is 0 Å². The molecule has 0 spiro atoms. The van der Waals surface area contributed by atoms with Gasteiger partial charge in [0, 0.05) is 6.54 Å². The highest BCUT2D eigenvalue weighted by molar-refractivity contribution is 6.62. The number of nitrogens with two attached hydrogens (primary N) is 1. The first-order valence-electron chi connectivity index (χ1n) is 9.24. The number of carboxylic acid groups (broad SMARTS) is 1. The molecule has 1 aliphatic heterocycles. The second-order valence-electron chi connectivity index (χ2n) is 7.28. The summed E-state index contributed by atoms with van der Waals surface area (Å²) >= 11 is 0. The SMILES string of the molecule is Cc1cc(Oc2cncc(C(N)=NCC(C)C)n2)cc2c1C(CC(=O)O)OB2O. The molecule has 2 heterocycles. The molecule has 1 aliphatic rings. The number of hydrogen-bond donors (Lipinski definition) is 3. The zero-order valence-corrected chi connectivity index (χ0v) is 16.5. The van der Waals surface area contributed by atoms with E-state index >= 15 is 0 Å². The highest BCUT2D eigenvalue weighted by Crippen LogP contribution is 2.32. The summed E-state index contributed by atoms with van der Waals surface area (Å²) in [5.74, 6) is 0.290. The molecule has 9 nitrogen and oxygen atoms in total. The van der Waals surface area contributed by atoms with Crippen molar-refractivity contribution < 1.29 is 24.3 Å². The summed E-state index contributed by atoms with van der Waals surface area (Å²) in [5.41, 5.74) is 8.28. The summed E-state index contributed by atoms with van der Waals surface area (Å²) in [7, 11) is -1.21. The van der Waals surface area contributed by atoms with Gasteiger partial charge < -0.3 is 25.3 Å². The number of ether oxygens (including phenoxy) is 1. The Morgan fingerprint density at radius 1 is 1.41 bits per heavy atom. The summed E-state index contributed by atoms with van der Waals surface area (Å²) in [6.07, 6.45) is 2.02. The number of amidine groups is 1. The fourth-order valence-corrected chi connectivity index (χ4v) is 3.10. The number of aryl methyl sites for hydroxylation is 1. The van der Waals surface area contributed by atoms with Crippen LogP contribution in [0.5, 0.6) is 11.6 Å². The van der Waals surface area contributed by atoms with E-state index in [1.807, 2.05) is 13.8 Å². The van der Waals surface area contributed by atoms with E-state index in [9.17, 15) is 9.82 Å². The van der Waals surface area contributed by atoms with Gasteiger partial charge in [0.05, 0.1) is 24.9 Å². The fourth-order valence-electron chi connectivity index (χ4n) is 3.10. The Bertz CT molecular complexity index is 950. The second kappa shape index (κ2) is 8.58. The van der Waals surface area contributed by atoms with Crippen LogP contribution in [-0.4, -0.2) is 45.6 Å².